The molecule has 0 N–H and O–H groups in total. The summed E-state index contributed by atoms with van der Waals surface area (Å²) in [5, 5.41) is 0. The summed E-state index contributed by atoms with van der Waals surface area (Å²) in [6.07, 6.45) is 1.17. The van der Waals surface area contributed by atoms with Gasteiger partial charge in [0.2, 0.25) is 11.8 Å². The van der Waals surface area contributed by atoms with Crippen LogP contribution in [0.3, 0.4) is 0 Å². The van der Waals surface area contributed by atoms with Gasteiger partial charge in [-0.15, -0.1) is 0 Å². The van der Waals surface area contributed by atoms with Gasteiger partial charge in [-0.05, 0) is 37.5 Å². The Morgan fingerprint density at radius 3 is 2.24 bits per heavy atom. The Morgan fingerprint density at radius 2 is 1.56 bits per heavy atom. The Labute approximate surface area is 146 Å². The molecule has 1 aliphatic rings. The summed E-state index contributed by atoms with van der Waals surface area (Å²) in [6, 6.07) is 16.3. The van der Waals surface area contributed by atoms with E-state index in [1.807, 2.05) is 25.1 Å². The van der Waals surface area contributed by atoms with E-state index in [1.54, 1.807) is 24.3 Å². The zero-order valence-corrected chi connectivity index (χ0v) is 14.1. The van der Waals surface area contributed by atoms with Gasteiger partial charge < -0.3 is 0 Å². The van der Waals surface area contributed by atoms with Crippen LogP contribution in [0.15, 0.2) is 54.6 Å². The lowest BCUT2D eigenvalue weighted by Gasteiger charge is -2.32. The van der Waals surface area contributed by atoms with Crippen molar-refractivity contribution in [2.24, 2.45) is 0 Å². The Bertz CT molecular complexity index is 784. The number of nitrogens with zero attached hydrogens (tertiary/aromatic N) is 2. The smallest absolute Gasteiger partial charge is 0.274 e. The van der Waals surface area contributed by atoms with Crippen molar-refractivity contribution in [3.8, 4) is 0 Å². The first-order chi connectivity index (χ1) is 12.1. The molecule has 2 aromatic rings. The van der Waals surface area contributed by atoms with Gasteiger partial charge in [0.1, 0.15) is 6.42 Å². The minimum Gasteiger partial charge on any atom is -0.274 e. The Morgan fingerprint density at radius 1 is 0.880 bits per heavy atom. The number of para-hydroxylation sites is 1. The Hall–Kier alpha value is -2.95. The van der Waals surface area contributed by atoms with Crippen LogP contribution in [0.2, 0.25) is 0 Å². The zero-order chi connectivity index (χ0) is 17.8. The maximum Gasteiger partial charge on any atom is 0.338 e. The van der Waals surface area contributed by atoms with Crippen molar-refractivity contribution in [1.82, 2.24) is 4.90 Å². The van der Waals surface area contributed by atoms with Crippen molar-refractivity contribution in [3.05, 3.63) is 65.7 Å². The van der Waals surface area contributed by atoms with Crippen LogP contribution in [0.4, 0.5) is 10.5 Å². The fourth-order valence-electron chi connectivity index (χ4n) is 2.89. The summed E-state index contributed by atoms with van der Waals surface area (Å²) in [5.41, 5.74) is 2.86. The molecule has 1 saturated heterocycles. The molecule has 0 aliphatic carbocycles. The second-order valence-electron chi connectivity index (χ2n) is 6.16. The second-order valence-corrected chi connectivity index (χ2v) is 6.16. The van der Waals surface area contributed by atoms with Crippen molar-refractivity contribution < 1.29 is 14.4 Å². The molecule has 3 rings (SSSR count). The van der Waals surface area contributed by atoms with E-state index in [-0.39, 0.29) is 6.42 Å². The first-order valence-corrected chi connectivity index (χ1v) is 8.34. The summed E-state index contributed by atoms with van der Waals surface area (Å²) in [4.78, 5) is 39.2. The van der Waals surface area contributed by atoms with Crippen molar-refractivity contribution in [2.75, 3.05) is 11.4 Å². The molecular formula is C20H20N2O3. The Kier molecular flexibility index (Phi) is 4.93. The number of hydrogen-bond donors (Lipinski definition) is 0. The molecule has 128 valence electrons. The fraction of sp³-hybridized carbons (Fsp3) is 0.250. The minimum atomic E-state index is -0.559. The van der Waals surface area contributed by atoms with Crippen molar-refractivity contribution in [1.29, 1.82) is 0 Å². The van der Waals surface area contributed by atoms with E-state index < -0.39 is 17.8 Å². The van der Waals surface area contributed by atoms with Crippen molar-refractivity contribution in [3.63, 3.8) is 0 Å². The van der Waals surface area contributed by atoms with E-state index in [1.165, 1.54) is 16.0 Å². The number of carbonyl (C=O) groups excluding carboxylic acids is 3. The van der Waals surface area contributed by atoms with E-state index >= 15 is 0 Å². The van der Waals surface area contributed by atoms with Crippen molar-refractivity contribution in [2.45, 2.75) is 26.2 Å². The highest BCUT2D eigenvalue weighted by Gasteiger charge is 2.38. The number of amides is 4. The molecule has 0 saturated carbocycles. The normalized spacial score (nSPS) is 15.0. The predicted molar refractivity (Wildman–Crippen MR) is 95.2 cm³/mol. The van der Waals surface area contributed by atoms with Gasteiger partial charge in [-0.25, -0.2) is 9.69 Å². The lowest BCUT2D eigenvalue weighted by Crippen LogP contribution is -2.55. The molecule has 0 unspecified atom stereocenters. The summed E-state index contributed by atoms with van der Waals surface area (Å²) in [7, 11) is 0. The lowest BCUT2D eigenvalue weighted by molar-refractivity contribution is -0.134. The molecule has 0 radical (unpaired) electrons. The van der Waals surface area contributed by atoms with Crippen LogP contribution in [-0.4, -0.2) is 29.3 Å². The molecule has 5 nitrogen and oxygen atoms in total. The van der Waals surface area contributed by atoms with Gasteiger partial charge in [0.15, 0.2) is 0 Å². The third-order valence-electron chi connectivity index (χ3n) is 4.26. The number of rotatable bonds is 5. The highest BCUT2D eigenvalue weighted by Crippen LogP contribution is 2.21. The number of anilines is 1. The average molecular weight is 336 g/mol. The monoisotopic (exact) mass is 336 g/mol. The molecule has 1 heterocycles. The molecule has 0 spiro atoms. The van der Waals surface area contributed by atoms with E-state index in [0.717, 1.165) is 11.3 Å². The van der Waals surface area contributed by atoms with Gasteiger partial charge in [0.25, 0.3) is 0 Å². The molecule has 4 amide bonds. The van der Waals surface area contributed by atoms with Crippen LogP contribution >= 0.6 is 0 Å². The topological polar surface area (TPSA) is 57.7 Å². The van der Waals surface area contributed by atoms with Gasteiger partial charge in [-0.2, -0.15) is 0 Å². The summed E-state index contributed by atoms with van der Waals surface area (Å²) in [5.74, 6) is -0.901. The predicted octanol–water partition coefficient (Wildman–Crippen LogP) is 3.31. The summed E-state index contributed by atoms with van der Waals surface area (Å²) in [6.45, 7) is 2.34. The van der Waals surface area contributed by atoms with Gasteiger partial charge >= 0.3 is 6.03 Å². The van der Waals surface area contributed by atoms with Crippen LogP contribution < -0.4 is 4.90 Å². The minimum absolute atomic E-state index is 0.273. The molecule has 2 aromatic carbocycles. The number of hydrogen-bond acceptors (Lipinski definition) is 3. The maximum atomic E-state index is 12.6. The van der Waals surface area contributed by atoms with Gasteiger partial charge in [-0.1, -0.05) is 48.0 Å². The SMILES string of the molecule is Cc1ccc(CCCN2C(=O)CC(=O)N(c3ccccc3)C2=O)cc1. The third kappa shape index (κ3) is 3.76. The summed E-state index contributed by atoms with van der Waals surface area (Å²) < 4.78 is 0. The quantitative estimate of drug-likeness (QED) is 0.787. The Balaban J connectivity index is 1.67. The fourth-order valence-corrected chi connectivity index (χ4v) is 2.89. The molecular weight excluding hydrogens is 316 g/mol. The number of urea groups is 1. The standard InChI is InChI=1S/C20H20N2O3/c1-15-9-11-16(12-10-15)6-5-13-21-18(23)14-19(24)22(20(21)25)17-7-3-2-4-8-17/h2-4,7-12H,5-6,13-14H2,1H3. The molecule has 1 fully saturated rings. The van der Waals surface area contributed by atoms with Crippen molar-refractivity contribution >= 4 is 23.5 Å². The number of imide groups is 2. The number of aryl methyl sites for hydroxylation is 2. The van der Waals surface area contributed by atoms with E-state index in [9.17, 15) is 14.4 Å². The van der Waals surface area contributed by atoms with Gasteiger partial charge in [0.05, 0.1) is 5.69 Å². The maximum absolute atomic E-state index is 12.6. The van der Waals surface area contributed by atoms with Gasteiger partial charge in [0, 0.05) is 6.54 Å². The van der Waals surface area contributed by atoms with Crippen LogP contribution in [-0.2, 0) is 16.0 Å². The molecule has 0 bridgehead atoms. The molecule has 1 aliphatic heterocycles. The molecule has 0 aromatic heterocycles. The average Bonchev–Trinajstić information content (AvgIpc) is 2.60. The molecule has 5 heteroatoms. The summed E-state index contributed by atoms with van der Waals surface area (Å²) >= 11 is 0. The second kappa shape index (κ2) is 7.30. The highest BCUT2D eigenvalue weighted by atomic mass is 16.2. The van der Waals surface area contributed by atoms with Crippen LogP contribution in [0.1, 0.15) is 24.0 Å². The molecule has 25 heavy (non-hydrogen) atoms. The number of barbiturate groups is 1. The van der Waals surface area contributed by atoms with Crippen LogP contribution in [0, 0.1) is 6.92 Å². The van der Waals surface area contributed by atoms with Crippen LogP contribution in [0.5, 0.6) is 0 Å². The van der Waals surface area contributed by atoms with E-state index in [0.29, 0.717) is 18.7 Å². The van der Waals surface area contributed by atoms with E-state index in [2.05, 4.69) is 12.1 Å². The lowest BCUT2D eigenvalue weighted by atomic mass is 10.1. The largest absolute Gasteiger partial charge is 0.338 e. The third-order valence-corrected chi connectivity index (χ3v) is 4.26. The van der Waals surface area contributed by atoms with Crippen LogP contribution in [0.25, 0.3) is 0 Å². The zero-order valence-electron chi connectivity index (χ0n) is 14.1. The molecule has 0 atom stereocenters. The number of carbonyl (C=O) groups is 3. The van der Waals surface area contributed by atoms with E-state index in [4.69, 9.17) is 0 Å². The first kappa shape index (κ1) is 16.9. The highest BCUT2D eigenvalue weighted by molar-refractivity contribution is 6.26. The first-order valence-electron chi connectivity index (χ1n) is 8.34. The number of benzene rings is 2. The van der Waals surface area contributed by atoms with Gasteiger partial charge in [-0.3, -0.25) is 14.5 Å².